The largest absolute Gasteiger partial charge is 0.469 e. The van der Waals surface area contributed by atoms with Crippen LogP contribution in [0.15, 0.2) is 11.6 Å². The van der Waals surface area contributed by atoms with E-state index in [4.69, 9.17) is 0 Å². The molecule has 1 amide bonds. The van der Waals surface area contributed by atoms with Crippen LogP contribution in [0.5, 0.6) is 0 Å². The fraction of sp³-hybridized carbons (Fsp3) is 0.733. The first-order valence-corrected chi connectivity index (χ1v) is 7.24. The van der Waals surface area contributed by atoms with E-state index in [-0.39, 0.29) is 11.9 Å². The summed E-state index contributed by atoms with van der Waals surface area (Å²) in [5.74, 6) is -0.0330. The van der Waals surface area contributed by atoms with Gasteiger partial charge in [-0.3, -0.25) is 9.59 Å². The highest BCUT2D eigenvalue weighted by Gasteiger charge is 2.08. The molecule has 0 aliphatic heterocycles. The van der Waals surface area contributed by atoms with E-state index in [0.717, 1.165) is 32.1 Å². The van der Waals surface area contributed by atoms with Crippen molar-refractivity contribution in [3.05, 3.63) is 11.6 Å². The van der Waals surface area contributed by atoms with Crippen LogP contribution in [0.4, 0.5) is 0 Å². The molecule has 4 heteroatoms. The van der Waals surface area contributed by atoms with E-state index < -0.39 is 0 Å². The lowest BCUT2D eigenvalue weighted by molar-refractivity contribution is -0.140. The third kappa shape index (κ3) is 7.65. The Bertz CT molecular complexity index is 323. The lowest BCUT2D eigenvalue weighted by atomic mass is 9.97. The monoisotopic (exact) mass is 267 g/mol. The highest BCUT2D eigenvalue weighted by Crippen LogP contribution is 2.19. The maximum atomic E-state index is 11.7. The standard InChI is InChI=1S/C15H25NO3/c1-19-15(18)10-6-3-7-11-16-14(17)12-13-8-4-2-5-9-13/h8H,2-7,9-12H2,1H3,(H,16,17). The molecule has 0 fully saturated rings. The van der Waals surface area contributed by atoms with Gasteiger partial charge < -0.3 is 10.1 Å². The smallest absolute Gasteiger partial charge is 0.305 e. The number of carbonyl (C=O) groups excluding carboxylic acids is 2. The normalized spacial score (nSPS) is 14.7. The van der Waals surface area contributed by atoms with Gasteiger partial charge in [0.1, 0.15) is 0 Å². The fourth-order valence-corrected chi connectivity index (χ4v) is 2.23. The minimum atomic E-state index is -0.159. The first kappa shape index (κ1) is 15.7. The minimum absolute atomic E-state index is 0.126. The number of amides is 1. The number of carbonyl (C=O) groups is 2. The number of hydrogen-bond acceptors (Lipinski definition) is 3. The van der Waals surface area contributed by atoms with E-state index in [0.29, 0.717) is 19.4 Å². The predicted octanol–water partition coefficient (Wildman–Crippen LogP) is 2.73. The number of methoxy groups -OCH3 is 1. The summed E-state index contributed by atoms with van der Waals surface area (Å²) in [5.41, 5.74) is 1.29. The summed E-state index contributed by atoms with van der Waals surface area (Å²) >= 11 is 0. The molecule has 0 saturated heterocycles. The van der Waals surface area contributed by atoms with Crippen LogP contribution in [0, 0.1) is 0 Å². The lowest BCUT2D eigenvalue weighted by Gasteiger charge is -2.12. The Morgan fingerprint density at radius 1 is 1.26 bits per heavy atom. The maximum Gasteiger partial charge on any atom is 0.305 e. The van der Waals surface area contributed by atoms with Gasteiger partial charge in [-0.25, -0.2) is 0 Å². The van der Waals surface area contributed by atoms with Crippen molar-refractivity contribution in [1.82, 2.24) is 5.32 Å². The molecule has 0 aromatic carbocycles. The molecule has 0 saturated carbocycles. The number of hydrogen-bond donors (Lipinski definition) is 1. The van der Waals surface area contributed by atoms with Crippen molar-refractivity contribution in [3.63, 3.8) is 0 Å². The Kier molecular flexibility index (Phi) is 7.94. The van der Waals surface area contributed by atoms with Crippen LogP contribution in [-0.2, 0) is 14.3 Å². The zero-order valence-corrected chi connectivity index (χ0v) is 11.9. The minimum Gasteiger partial charge on any atom is -0.469 e. The molecule has 4 nitrogen and oxygen atoms in total. The first-order chi connectivity index (χ1) is 9.22. The topological polar surface area (TPSA) is 55.4 Å². The van der Waals surface area contributed by atoms with Gasteiger partial charge in [0.15, 0.2) is 0 Å². The predicted molar refractivity (Wildman–Crippen MR) is 74.7 cm³/mol. The molecule has 0 bridgehead atoms. The molecule has 108 valence electrons. The second-order valence-electron chi connectivity index (χ2n) is 5.02. The molecule has 0 aromatic rings. The number of nitrogens with one attached hydrogen (secondary N) is 1. The molecule has 0 spiro atoms. The number of unbranched alkanes of at least 4 members (excludes halogenated alkanes) is 2. The number of esters is 1. The molecule has 19 heavy (non-hydrogen) atoms. The van der Waals surface area contributed by atoms with Crippen LogP contribution in [0.1, 0.15) is 57.8 Å². The molecular formula is C15H25NO3. The SMILES string of the molecule is COC(=O)CCCCCNC(=O)CC1=CCCCC1. The van der Waals surface area contributed by atoms with Gasteiger partial charge in [-0.1, -0.05) is 18.1 Å². The van der Waals surface area contributed by atoms with Crippen LogP contribution in [0.25, 0.3) is 0 Å². The quantitative estimate of drug-likeness (QED) is 0.418. The lowest BCUT2D eigenvalue weighted by Crippen LogP contribution is -2.24. The molecule has 0 heterocycles. The van der Waals surface area contributed by atoms with Crippen LogP contribution in [-0.4, -0.2) is 25.5 Å². The van der Waals surface area contributed by atoms with Crippen molar-refractivity contribution in [3.8, 4) is 0 Å². The molecule has 1 N–H and O–H groups in total. The van der Waals surface area contributed by atoms with Gasteiger partial charge in [-0.2, -0.15) is 0 Å². The summed E-state index contributed by atoms with van der Waals surface area (Å²) in [6, 6.07) is 0. The van der Waals surface area contributed by atoms with E-state index >= 15 is 0 Å². The summed E-state index contributed by atoms with van der Waals surface area (Å²) in [4.78, 5) is 22.5. The van der Waals surface area contributed by atoms with Gasteiger partial charge in [-0.05, 0) is 38.5 Å². The number of rotatable bonds is 8. The van der Waals surface area contributed by atoms with Crippen molar-refractivity contribution in [2.24, 2.45) is 0 Å². The highest BCUT2D eigenvalue weighted by atomic mass is 16.5. The van der Waals surface area contributed by atoms with E-state index in [1.807, 2.05) is 0 Å². The van der Waals surface area contributed by atoms with Crippen molar-refractivity contribution in [2.75, 3.05) is 13.7 Å². The average Bonchev–Trinajstić information content (AvgIpc) is 2.43. The Morgan fingerprint density at radius 2 is 2.11 bits per heavy atom. The molecule has 1 aliphatic rings. The van der Waals surface area contributed by atoms with Gasteiger partial charge in [-0.15, -0.1) is 0 Å². The fourth-order valence-electron chi connectivity index (χ4n) is 2.23. The summed E-state index contributed by atoms with van der Waals surface area (Å²) in [7, 11) is 1.41. The van der Waals surface area contributed by atoms with Crippen molar-refractivity contribution in [1.29, 1.82) is 0 Å². The van der Waals surface area contributed by atoms with Gasteiger partial charge in [0, 0.05) is 19.4 Å². The van der Waals surface area contributed by atoms with E-state index in [2.05, 4.69) is 16.1 Å². The first-order valence-electron chi connectivity index (χ1n) is 7.24. The van der Waals surface area contributed by atoms with E-state index in [1.54, 1.807) is 0 Å². The van der Waals surface area contributed by atoms with Crippen LogP contribution in [0.3, 0.4) is 0 Å². The van der Waals surface area contributed by atoms with Crippen molar-refractivity contribution >= 4 is 11.9 Å². The summed E-state index contributed by atoms with van der Waals surface area (Å²) in [6.45, 7) is 0.702. The summed E-state index contributed by atoms with van der Waals surface area (Å²) in [5, 5.41) is 2.94. The van der Waals surface area contributed by atoms with Crippen LogP contribution < -0.4 is 5.32 Å². The molecule has 1 aliphatic carbocycles. The summed E-state index contributed by atoms with van der Waals surface area (Å²) in [6.07, 6.45) is 10.6. The third-order valence-electron chi connectivity index (χ3n) is 3.38. The van der Waals surface area contributed by atoms with Gasteiger partial charge in [0.05, 0.1) is 7.11 Å². The van der Waals surface area contributed by atoms with E-state index in [1.165, 1.54) is 25.5 Å². The second-order valence-corrected chi connectivity index (χ2v) is 5.02. The Morgan fingerprint density at radius 3 is 2.79 bits per heavy atom. The second kappa shape index (κ2) is 9.59. The van der Waals surface area contributed by atoms with Gasteiger partial charge in [0.2, 0.25) is 5.91 Å². The molecule has 0 radical (unpaired) electrons. The highest BCUT2D eigenvalue weighted by molar-refractivity contribution is 5.78. The van der Waals surface area contributed by atoms with Gasteiger partial charge in [0.25, 0.3) is 0 Å². The number of allylic oxidation sites excluding steroid dienone is 1. The molecular weight excluding hydrogens is 242 g/mol. The average molecular weight is 267 g/mol. The molecule has 1 rings (SSSR count). The Balaban J connectivity index is 1.98. The molecule has 0 aromatic heterocycles. The molecule has 0 atom stereocenters. The van der Waals surface area contributed by atoms with Crippen LogP contribution >= 0.6 is 0 Å². The Labute approximate surface area is 115 Å². The zero-order valence-electron chi connectivity index (χ0n) is 11.9. The Hall–Kier alpha value is -1.32. The summed E-state index contributed by atoms with van der Waals surface area (Å²) < 4.78 is 4.56. The third-order valence-corrected chi connectivity index (χ3v) is 3.38. The van der Waals surface area contributed by atoms with Crippen LogP contribution in [0.2, 0.25) is 0 Å². The van der Waals surface area contributed by atoms with Gasteiger partial charge >= 0.3 is 5.97 Å². The maximum absolute atomic E-state index is 11.7. The number of ether oxygens (including phenoxy) is 1. The molecule has 0 unspecified atom stereocenters. The zero-order chi connectivity index (χ0) is 13.9. The van der Waals surface area contributed by atoms with Crippen molar-refractivity contribution < 1.29 is 14.3 Å². The van der Waals surface area contributed by atoms with E-state index in [9.17, 15) is 9.59 Å². The van der Waals surface area contributed by atoms with Crippen molar-refractivity contribution in [2.45, 2.75) is 57.8 Å².